The molecule has 0 saturated heterocycles. The first-order valence-electron chi connectivity index (χ1n) is 4.79. The summed E-state index contributed by atoms with van der Waals surface area (Å²) in [6, 6.07) is 4.39. The third-order valence-corrected chi connectivity index (χ3v) is 1.48. The minimum atomic E-state index is -4.74. The van der Waals surface area contributed by atoms with E-state index < -0.39 is 18.0 Å². The molecule has 0 aliphatic carbocycles. The molecule has 0 aliphatic rings. The smallest absolute Gasteiger partial charge is 0.406 e. The number of alkyl halides is 3. The molecule has 0 saturated carbocycles. The van der Waals surface area contributed by atoms with Crippen molar-refractivity contribution in [1.29, 1.82) is 0 Å². The highest BCUT2D eigenvalue weighted by molar-refractivity contribution is 5.93. The summed E-state index contributed by atoms with van der Waals surface area (Å²) in [6.07, 6.45) is -4.74. The largest absolute Gasteiger partial charge is 0.573 e. The SMILES string of the molecule is CC.NNC(=O)c1ccc(OC(F)(F)F)cc1. The van der Waals surface area contributed by atoms with Crippen LogP contribution in [0, 0.1) is 0 Å². The van der Waals surface area contributed by atoms with Crippen molar-refractivity contribution in [2.45, 2.75) is 20.2 Å². The summed E-state index contributed by atoms with van der Waals surface area (Å²) in [4.78, 5) is 10.9. The third kappa shape index (κ3) is 5.76. The zero-order valence-electron chi connectivity index (χ0n) is 9.34. The van der Waals surface area contributed by atoms with Crippen LogP contribution in [0.15, 0.2) is 24.3 Å². The molecule has 1 rings (SSSR count). The maximum Gasteiger partial charge on any atom is 0.573 e. The van der Waals surface area contributed by atoms with E-state index in [-0.39, 0.29) is 5.56 Å². The van der Waals surface area contributed by atoms with Crippen molar-refractivity contribution in [3.05, 3.63) is 29.8 Å². The average molecular weight is 250 g/mol. The summed E-state index contributed by atoms with van der Waals surface area (Å²) >= 11 is 0. The Morgan fingerprint density at radius 2 is 1.71 bits per heavy atom. The highest BCUT2D eigenvalue weighted by Gasteiger charge is 2.30. The van der Waals surface area contributed by atoms with Crippen molar-refractivity contribution < 1.29 is 22.7 Å². The number of ether oxygens (including phenoxy) is 1. The van der Waals surface area contributed by atoms with Gasteiger partial charge in [0, 0.05) is 5.56 Å². The monoisotopic (exact) mass is 250 g/mol. The molecule has 96 valence electrons. The average Bonchev–Trinajstić information content (AvgIpc) is 2.29. The van der Waals surface area contributed by atoms with Crippen LogP contribution in [-0.2, 0) is 0 Å². The van der Waals surface area contributed by atoms with E-state index in [0.29, 0.717) is 0 Å². The number of nitrogens with two attached hydrogens (primary N) is 1. The van der Waals surface area contributed by atoms with Crippen molar-refractivity contribution >= 4 is 5.91 Å². The number of nitrogens with one attached hydrogen (secondary N) is 1. The normalized spacial score (nSPS) is 10.0. The fourth-order valence-electron chi connectivity index (χ4n) is 0.891. The van der Waals surface area contributed by atoms with E-state index in [4.69, 9.17) is 5.84 Å². The van der Waals surface area contributed by atoms with Crippen LogP contribution in [0.3, 0.4) is 0 Å². The van der Waals surface area contributed by atoms with Gasteiger partial charge >= 0.3 is 6.36 Å². The van der Waals surface area contributed by atoms with Gasteiger partial charge in [0.05, 0.1) is 0 Å². The number of amides is 1. The van der Waals surface area contributed by atoms with E-state index in [0.717, 1.165) is 12.1 Å². The highest BCUT2D eigenvalue weighted by Crippen LogP contribution is 2.22. The van der Waals surface area contributed by atoms with Gasteiger partial charge in [-0.3, -0.25) is 10.2 Å². The molecule has 0 bridgehead atoms. The number of benzene rings is 1. The second kappa shape index (κ2) is 6.74. The molecule has 0 heterocycles. The van der Waals surface area contributed by atoms with Crippen LogP contribution >= 0.6 is 0 Å². The number of rotatable bonds is 2. The van der Waals surface area contributed by atoms with Gasteiger partial charge in [-0.2, -0.15) is 0 Å². The zero-order chi connectivity index (χ0) is 13.5. The Hall–Kier alpha value is -1.76. The Bertz CT molecular complexity index is 350. The van der Waals surface area contributed by atoms with Crippen LogP contribution in [0.2, 0.25) is 0 Å². The summed E-state index contributed by atoms with van der Waals surface area (Å²) in [7, 11) is 0. The molecule has 0 unspecified atom stereocenters. The summed E-state index contributed by atoms with van der Waals surface area (Å²) in [5, 5.41) is 0. The first-order valence-corrected chi connectivity index (χ1v) is 4.79. The Labute approximate surface area is 96.5 Å². The number of carbonyl (C=O) groups is 1. The number of carbonyl (C=O) groups excluding carboxylic acids is 1. The minimum Gasteiger partial charge on any atom is -0.406 e. The van der Waals surface area contributed by atoms with E-state index in [9.17, 15) is 18.0 Å². The minimum absolute atomic E-state index is 0.145. The van der Waals surface area contributed by atoms with E-state index in [1.54, 1.807) is 0 Å². The van der Waals surface area contributed by atoms with Gasteiger partial charge in [-0.15, -0.1) is 13.2 Å². The summed E-state index contributed by atoms with van der Waals surface area (Å²) in [5.74, 6) is 3.85. The summed E-state index contributed by atoms with van der Waals surface area (Å²) in [6.45, 7) is 4.00. The lowest BCUT2D eigenvalue weighted by Gasteiger charge is -2.08. The fourth-order valence-corrected chi connectivity index (χ4v) is 0.891. The molecule has 0 aromatic heterocycles. The van der Waals surface area contributed by atoms with Crippen molar-refractivity contribution in [2.24, 2.45) is 5.84 Å². The summed E-state index contributed by atoms with van der Waals surface area (Å²) < 4.78 is 38.8. The molecule has 1 aromatic carbocycles. The number of hydrogen-bond donors (Lipinski definition) is 2. The molecule has 0 spiro atoms. The molecule has 7 heteroatoms. The molecule has 0 aliphatic heterocycles. The fraction of sp³-hybridized carbons (Fsp3) is 0.300. The lowest BCUT2D eigenvalue weighted by atomic mass is 10.2. The zero-order valence-corrected chi connectivity index (χ0v) is 9.34. The maximum atomic E-state index is 11.7. The number of hydrogen-bond acceptors (Lipinski definition) is 3. The molecule has 0 fully saturated rings. The van der Waals surface area contributed by atoms with Crippen LogP contribution in [0.5, 0.6) is 5.75 Å². The molecular formula is C10H13F3N2O2. The second-order valence-corrected chi connectivity index (χ2v) is 2.55. The molecule has 0 radical (unpaired) electrons. The Balaban J connectivity index is 0.00000121. The van der Waals surface area contributed by atoms with Gasteiger partial charge in [-0.05, 0) is 24.3 Å². The van der Waals surface area contributed by atoms with Crippen molar-refractivity contribution in [3.63, 3.8) is 0 Å². The lowest BCUT2D eigenvalue weighted by molar-refractivity contribution is -0.274. The van der Waals surface area contributed by atoms with Gasteiger partial charge in [-0.1, -0.05) is 13.8 Å². The van der Waals surface area contributed by atoms with Gasteiger partial charge in [-0.25, -0.2) is 5.84 Å². The molecular weight excluding hydrogens is 237 g/mol. The van der Waals surface area contributed by atoms with E-state index in [1.807, 2.05) is 19.3 Å². The van der Waals surface area contributed by atoms with Crippen molar-refractivity contribution in [1.82, 2.24) is 5.43 Å². The van der Waals surface area contributed by atoms with Crippen molar-refractivity contribution in [2.75, 3.05) is 0 Å². The van der Waals surface area contributed by atoms with Crippen LogP contribution in [-0.4, -0.2) is 12.3 Å². The van der Waals surface area contributed by atoms with Crippen LogP contribution in [0.25, 0.3) is 0 Å². The predicted molar refractivity (Wildman–Crippen MR) is 56.1 cm³/mol. The van der Waals surface area contributed by atoms with Crippen molar-refractivity contribution in [3.8, 4) is 5.75 Å². The summed E-state index contributed by atoms with van der Waals surface area (Å²) in [5.41, 5.74) is 1.99. The number of nitrogen functional groups attached to an aromatic ring is 1. The predicted octanol–water partition coefficient (Wildman–Crippen LogP) is 2.21. The highest BCUT2D eigenvalue weighted by atomic mass is 19.4. The maximum absolute atomic E-state index is 11.7. The van der Waals surface area contributed by atoms with Crippen LogP contribution in [0.4, 0.5) is 13.2 Å². The number of halogens is 3. The van der Waals surface area contributed by atoms with Gasteiger partial charge in [0.1, 0.15) is 5.75 Å². The van der Waals surface area contributed by atoms with E-state index in [1.165, 1.54) is 12.1 Å². The Morgan fingerprint density at radius 1 is 1.24 bits per heavy atom. The number of hydrazine groups is 1. The molecule has 1 amide bonds. The second-order valence-electron chi connectivity index (χ2n) is 2.55. The molecule has 3 N–H and O–H groups in total. The van der Waals surface area contributed by atoms with Gasteiger partial charge < -0.3 is 4.74 Å². The molecule has 1 aromatic rings. The molecule has 0 atom stereocenters. The van der Waals surface area contributed by atoms with Gasteiger partial charge in [0.15, 0.2) is 0 Å². The molecule has 17 heavy (non-hydrogen) atoms. The Morgan fingerprint density at radius 3 is 2.06 bits per heavy atom. The van der Waals surface area contributed by atoms with Gasteiger partial charge in [0.25, 0.3) is 5.91 Å². The van der Waals surface area contributed by atoms with E-state index in [2.05, 4.69) is 4.74 Å². The van der Waals surface area contributed by atoms with Gasteiger partial charge in [0.2, 0.25) is 0 Å². The van der Waals surface area contributed by atoms with Crippen LogP contribution in [0.1, 0.15) is 24.2 Å². The quantitative estimate of drug-likeness (QED) is 0.480. The topological polar surface area (TPSA) is 64.3 Å². The van der Waals surface area contributed by atoms with E-state index >= 15 is 0 Å². The Kier molecular flexibility index (Phi) is 6.05. The standard InChI is InChI=1S/C8H7F3N2O2.C2H6/c9-8(10,11)15-6-3-1-5(2-4-6)7(14)13-12;1-2/h1-4H,12H2,(H,13,14);1-2H3. The molecule has 4 nitrogen and oxygen atoms in total. The third-order valence-electron chi connectivity index (χ3n) is 1.48. The lowest BCUT2D eigenvalue weighted by Crippen LogP contribution is -2.29. The van der Waals surface area contributed by atoms with Crippen LogP contribution < -0.4 is 16.0 Å². The first kappa shape index (κ1) is 15.2. The first-order chi connectivity index (χ1) is 7.92.